The zero-order valence-corrected chi connectivity index (χ0v) is 14.1. The summed E-state index contributed by atoms with van der Waals surface area (Å²) in [5, 5.41) is 1.04. The quantitative estimate of drug-likeness (QED) is 0.532. The van der Waals surface area contributed by atoms with Crippen molar-refractivity contribution in [2.45, 2.75) is 26.2 Å². The van der Waals surface area contributed by atoms with E-state index in [2.05, 4.69) is 31.9 Å². The Kier molecular flexibility index (Phi) is 6.94. The number of carbonyl (C=O) groups excluding carboxylic acids is 1. The van der Waals surface area contributed by atoms with Crippen molar-refractivity contribution in [2.24, 2.45) is 0 Å². The molecule has 0 bridgehead atoms. The predicted molar refractivity (Wildman–Crippen MR) is 83.5 cm³/mol. The Labute approximate surface area is 126 Å². The molecule has 0 atom stereocenters. The highest BCUT2D eigenvalue weighted by atomic mass is 79.9. The minimum Gasteiger partial charge on any atom is -0.342 e. The van der Waals surface area contributed by atoms with E-state index in [-0.39, 0.29) is 5.91 Å². The van der Waals surface area contributed by atoms with Gasteiger partial charge in [-0.25, -0.2) is 0 Å². The molecule has 1 aromatic rings. The fourth-order valence-electron chi connectivity index (χ4n) is 1.74. The summed E-state index contributed by atoms with van der Waals surface area (Å²) < 4.78 is 0.905. The average Bonchev–Trinajstić information content (AvgIpc) is 2.37. The lowest BCUT2D eigenvalue weighted by Crippen LogP contribution is -2.28. The zero-order valence-electron chi connectivity index (χ0n) is 10.9. The Morgan fingerprint density at radius 3 is 2.67 bits per heavy atom. The smallest absolute Gasteiger partial charge is 0.254 e. The van der Waals surface area contributed by atoms with Gasteiger partial charge in [0.2, 0.25) is 0 Å². The summed E-state index contributed by atoms with van der Waals surface area (Å²) >= 11 is 6.90. The molecule has 0 saturated heterocycles. The van der Waals surface area contributed by atoms with Crippen LogP contribution in [0, 0.1) is 6.92 Å². The number of aryl methyl sites for hydroxylation is 1. The lowest BCUT2D eigenvalue weighted by molar-refractivity contribution is 0.0791. The van der Waals surface area contributed by atoms with E-state index in [4.69, 9.17) is 0 Å². The zero-order chi connectivity index (χ0) is 13.5. The Balaban J connectivity index is 2.60. The Bertz CT molecular complexity index is 407. The van der Waals surface area contributed by atoms with Gasteiger partial charge >= 0.3 is 0 Å². The van der Waals surface area contributed by atoms with Crippen LogP contribution in [0.4, 0.5) is 0 Å². The maximum absolute atomic E-state index is 12.3. The highest BCUT2D eigenvalue weighted by Crippen LogP contribution is 2.22. The van der Waals surface area contributed by atoms with Crippen LogP contribution in [0.3, 0.4) is 0 Å². The number of alkyl halides is 1. The highest BCUT2D eigenvalue weighted by molar-refractivity contribution is 9.10. The molecule has 18 heavy (non-hydrogen) atoms. The lowest BCUT2D eigenvalue weighted by atomic mass is 10.1. The SMILES string of the molecule is Cc1cccc(C(=O)N(C)CCCCCBr)c1Br. The summed E-state index contributed by atoms with van der Waals surface area (Å²) in [6.45, 7) is 2.81. The van der Waals surface area contributed by atoms with E-state index in [9.17, 15) is 4.79 Å². The van der Waals surface area contributed by atoms with Crippen molar-refractivity contribution in [1.82, 2.24) is 4.90 Å². The van der Waals surface area contributed by atoms with Gasteiger partial charge in [0.1, 0.15) is 0 Å². The molecule has 1 amide bonds. The van der Waals surface area contributed by atoms with E-state index < -0.39 is 0 Å². The number of hydrogen-bond donors (Lipinski definition) is 0. The minimum absolute atomic E-state index is 0.0874. The van der Waals surface area contributed by atoms with E-state index in [0.29, 0.717) is 0 Å². The molecule has 0 heterocycles. The van der Waals surface area contributed by atoms with Crippen LogP contribution in [0.25, 0.3) is 0 Å². The van der Waals surface area contributed by atoms with Gasteiger partial charge in [-0.2, -0.15) is 0 Å². The number of hydrogen-bond acceptors (Lipinski definition) is 1. The van der Waals surface area contributed by atoms with Crippen LogP contribution in [-0.2, 0) is 0 Å². The minimum atomic E-state index is 0.0874. The molecule has 1 aromatic carbocycles. The summed E-state index contributed by atoms with van der Waals surface area (Å²) in [4.78, 5) is 14.1. The summed E-state index contributed by atoms with van der Waals surface area (Å²) in [6.07, 6.45) is 3.37. The number of rotatable bonds is 6. The highest BCUT2D eigenvalue weighted by Gasteiger charge is 2.15. The third-order valence-electron chi connectivity index (χ3n) is 2.90. The molecule has 0 aliphatic carbocycles. The summed E-state index contributed by atoms with van der Waals surface area (Å²) in [6, 6.07) is 5.79. The predicted octanol–water partition coefficient (Wildman–Crippen LogP) is 4.39. The topological polar surface area (TPSA) is 20.3 Å². The van der Waals surface area contributed by atoms with Crippen molar-refractivity contribution in [1.29, 1.82) is 0 Å². The lowest BCUT2D eigenvalue weighted by Gasteiger charge is -2.18. The molecular formula is C14H19Br2NO. The van der Waals surface area contributed by atoms with Crippen LogP contribution in [0.15, 0.2) is 22.7 Å². The Morgan fingerprint density at radius 2 is 2.00 bits per heavy atom. The molecule has 0 aromatic heterocycles. The number of unbranched alkanes of at least 4 members (excludes halogenated alkanes) is 2. The van der Waals surface area contributed by atoms with Gasteiger partial charge in [-0.1, -0.05) is 34.5 Å². The van der Waals surface area contributed by atoms with Crippen LogP contribution in [0.2, 0.25) is 0 Å². The molecule has 0 saturated carbocycles. The van der Waals surface area contributed by atoms with Gasteiger partial charge in [0.25, 0.3) is 5.91 Å². The fourth-order valence-corrected chi connectivity index (χ4v) is 2.57. The Morgan fingerprint density at radius 1 is 1.28 bits per heavy atom. The number of benzene rings is 1. The molecule has 0 spiro atoms. The van der Waals surface area contributed by atoms with E-state index in [1.165, 1.54) is 0 Å². The first-order valence-corrected chi connectivity index (χ1v) is 8.06. The van der Waals surface area contributed by atoms with Crippen molar-refractivity contribution in [3.8, 4) is 0 Å². The second-order valence-corrected chi connectivity index (χ2v) is 6.00. The van der Waals surface area contributed by atoms with Crippen LogP contribution < -0.4 is 0 Å². The number of carbonyl (C=O) groups is 1. The van der Waals surface area contributed by atoms with Crippen molar-refractivity contribution < 1.29 is 4.79 Å². The summed E-state index contributed by atoms with van der Waals surface area (Å²) in [7, 11) is 1.87. The molecule has 100 valence electrons. The van der Waals surface area contributed by atoms with Crippen molar-refractivity contribution in [3.05, 3.63) is 33.8 Å². The molecule has 4 heteroatoms. The van der Waals surface area contributed by atoms with Gasteiger partial charge < -0.3 is 4.90 Å². The second-order valence-electron chi connectivity index (χ2n) is 4.41. The van der Waals surface area contributed by atoms with Crippen molar-refractivity contribution >= 4 is 37.8 Å². The number of nitrogens with zero attached hydrogens (tertiary/aromatic N) is 1. The molecule has 0 N–H and O–H groups in total. The standard InChI is InChI=1S/C14H19Br2NO/c1-11-7-6-8-12(13(11)16)14(18)17(2)10-5-3-4-9-15/h6-8H,3-5,9-10H2,1-2H3. The maximum atomic E-state index is 12.3. The van der Waals surface area contributed by atoms with E-state index >= 15 is 0 Å². The maximum Gasteiger partial charge on any atom is 0.254 e. The van der Waals surface area contributed by atoms with Crippen LogP contribution in [0.5, 0.6) is 0 Å². The van der Waals surface area contributed by atoms with Crippen molar-refractivity contribution in [2.75, 3.05) is 18.9 Å². The first kappa shape index (κ1) is 15.7. The van der Waals surface area contributed by atoms with Gasteiger partial charge in [-0.05, 0) is 47.3 Å². The van der Waals surface area contributed by atoms with E-state index in [1.807, 2.05) is 32.2 Å². The Hall–Kier alpha value is -0.350. The number of amides is 1. The molecule has 1 rings (SSSR count). The molecule has 0 fully saturated rings. The molecule has 0 radical (unpaired) electrons. The summed E-state index contributed by atoms with van der Waals surface area (Å²) in [5.74, 6) is 0.0874. The van der Waals surface area contributed by atoms with E-state index in [0.717, 1.165) is 46.7 Å². The largest absolute Gasteiger partial charge is 0.342 e. The summed E-state index contributed by atoms with van der Waals surface area (Å²) in [5.41, 5.74) is 1.84. The van der Waals surface area contributed by atoms with Crippen LogP contribution in [0.1, 0.15) is 35.2 Å². The van der Waals surface area contributed by atoms with Gasteiger partial charge in [0.15, 0.2) is 0 Å². The van der Waals surface area contributed by atoms with Gasteiger partial charge in [0, 0.05) is 23.4 Å². The van der Waals surface area contributed by atoms with E-state index in [1.54, 1.807) is 4.90 Å². The molecular weight excluding hydrogens is 358 g/mol. The third-order valence-corrected chi connectivity index (χ3v) is 4.51. The number of halogens is 2. The monoisotopic (exact) mass is 375 g/mol. The van der Waals surface area contributed by atoms with Crippen molar-refractivity contribution in [3.63, 3.8) is 0 Å². The first-order valence-electron chi connectivity index (χ1n) is 6.14. The molecule has 0 aliphatic rings. The van der Waals surface area contributed by atoms with Gasteiger partial charge in [0.05, 0.1) is 5.56 Å². The van der Waals surface area contributed by atoms with Gasteiger partial charge in [-0.15, -0.1) is 0 Å². The first-order chi connectivity index (χ1) is 8.57. The van der Waals surface area contributed by atoms with Gasteiger partial charge in [-0.3, -0.25) is 4.79 Å². The van der Waals surface area contributed by atoms with Crippen LogP contribution >= 0.6 is 31.9 Å². The molecule has 0 unspecified atom stereocenters. The van der Waals surface area contributed by atoms with Crippen LogP contribution in [-0.4, -0.2) is 29.7 Å². The third kappa shape index (κ3) is 4.39. The molecule has 2 nitrogen and oxygen atoms in total. The molecule has 0 aliphatic heterocycles. The normalized spacial score (nSPS) is 10.4. The second kappa shape index (κ2) is 7.95. The fraction of sp³-hybridized carbons (Fsp3) is 0.500. The average molecular weight is 377 g/mol.